The van der Waals surface area contributed by atoms with Crippen molar-refractivity contribution in [3.8, 4) is 23.0 Å². The van der Waals surface area contributed by atoms with Crippen LogP contribution in [-0.2, 0) is 50.9 Å². The number of rotatable bonds is 1. The fraction of sp³-hybridized carbons (Fsp3) is 0.485. The number of esters is 5. The van der Waals surface area contributed by atoms with E-state index in [1.54, 1.807) is 6.92 Å². The van der Waals surface area contributed by atoms with Crippen LogP contribution in [0, 0.1) is 0 Å². The maximum absolute atomic E-state index is 13.1. The summed E-state index contributed by atoms with van der Waals surface area (Å²) in [6.07, 6.45) is -5.80. The molecule has 3 N–H and O–H groups in total. The smallest absolute Gasteiger partial charge is 0.342 e. The van der Waals surface area contributed by atoms with E-state index in [2.05, 4.69) is 0 Å². The predicted molar refractivity (Wildman–Crippen MR) is 162 cm³/mol. The highest BCUT2D eigenvalue weighted by Crippen LogP contribution is 2.32. The number of phenolic OH excluding ortho intramolecular Hbond substituents is 3. The van der Waals surface area contributed by atoms with Crippen molar-refractivity contribution in [2.24, 2.45) is 0 Å². The molecule has 47 heavy (non-hydrogen) atoms. The summed E-state index contributed by atoms with van der Waals surface area (Å²) in [5, 5.41) is 31.2. The molecule has 0 amide bonds. The van der Waals surface area contributed by atoms with Crippen molar-refractivity contribution < 1.29 is 67.7 Å². The van der Waals surface area contributed by atoms with Gasteiger partial charge in [0.15, 0.2) is 0 Å². The standard InChI is InChI=1S/C33H40O14/c1-16-7-21-12-23(34)14-25(35)30(21)32(40)46-19(4)10-28(38)44-17(2)8-22-13-24(42-6)15-26(36)31(22)33(41)47-20(5)11-29(39)45-18(3)9-27(37)43-16/h12-20,34-36H,7-11H2,1-6H3. The quantitative estimate of drug-likeness (QED) is 0.295. The third-order valence-corrected chi connectivity index (χ3v) is 6.99. The van der Waals surface area contributed by atoms with Crippen LogP contribution in [0.3, 0.4) is 0 Å². The highest BCUT2D eigenvalue weighted by atomic mass is 16.6. The molecule has 2 aromatic carbocycles. The number of aromatic hydroxyl groups is 3. The van der Waals surface area contributed by atoms with Crippen LogP contribution in [0.25, 0.3) is 0 Å². The third-order valence-electron chi connectivity index (χ3n) is 6.99. The number of phenols is 3. The zero-order valence-electron chi connectivity index (χ0n) is 27.1. The molecular formula is C33H40O14. The fourth-order valence-electron chi connectivity index (χ4n) is 5.07. The summed E-state index contributed by atoms with van der Waals surface area (Å²) in [7, 11) is 1.36. The summed E-state index contributed by atoms with van der Waals surface area (Å²) in [4.78, 5) is 64.1. The molecule has 0 saturated carbocycles. The SMILES string of the molecule is COc1cc(O)c2c(c1)CC(C)OC(=O)CC(C)OC(=O)c1c(O)cc(O)cc1CC(C)OC(=O)CC(C)OC(=O)CC(C)OC2=O. The molecule has 1 aliphatic heterocycles. The lowest BCUT2D eigenvalue weighted by atomic mass is 10.00. The van der Waals surface area contributed by atoms with Gasteiger partial charge in [0.05, 0.1) is 26.4 Å². The Bertz CT molecular complexity index is 1500. The summed E-state index contributed by atoms with van der Waals surface area (Å²) >= 11 is 0. The number of hydrogen-bond acceptors (Lipinski definition) is 14. The molecule has 0 saturated heterocycles. The van der Waals surface area contributed by atoms with Gasteiger partial charge in [0.25, 0.3) is 0 Å². The Labute approximate surface area is 271 Å². The lowest BCUT2D eigenvalue weighted by Crippen LogP contribution is -2.27. The van der Waals surface area contributed by atoms with Crippen LogP contribution in [0.15, 0.2) is 24.3 Å². The van der Waals surface area contributed by atoms with E-state index in [9.17, 15) is 39.3 Å². The van der Waals surface area contributed by atoms with Crippen molar-refractivity contribution in [1.29, 1.82) is 0 Å². The Kier molecular flexibility index (Phi) is 12.4. The summed E-state index contributed by atoms with van der Waals surface area (Å²) in [6, 6.07) is 4.84. The molecule has 2 aromatic rings. The van der Waals surface area contributed by atoms with Gasteiger partial charge >= 0.3 is 29.8 Å². The Hall–Kier alpha value is -5.01. The lowest BCUT2D eigenvalue weighted by Gasteiger charge is -2.21. The second-order valence-electron chi connectivity index (χ2n) is 11.5. The Morgan fingerprint density at radius 3 is 1.32 bits per heavy atom. The fourth-order valence-corrected chi connectivity index (χ4v) is 5.07. The molecule has 0 aromatic heterocycles. The van der Waals surface area contributed by atoms with E-state index in [1.165, 1.54) is 53.0 Å². The first-order valence-electron chi connectivity index (χ1n) is 15.0. The molecule has 0 fully saturated rings. The largest absolute Gasteiger partial charge is 0.508 e. The summed E-state index contributed by atoms with van der Waals surface area (Å²) in [5.41, 5.74) is -0.165. The van der Waals surface area contributed by atoms with Gasteiger partial charge in [0, 0.05) is 25.0 Å². The number of ether oxygens (including phenoxy) is 6. The zero-order valence-corrected chi connectivity index (χ0v) is 27.1. The van der Waals surface area contributed by atoms with E-state index in [0.717, 1.165) is 6.07 Å². The molecule has 0 aliphatic carbocycles. The minimum atomic E-state index is -1.01. The summed E-state index contributed by atoms with van der Waals surface area (Å²) < 4.78 is 32.2. The molecule has 1 heterocycles. The van der Waals surface area contributed by atoms with Crippen molar-refractivity contribution in [3.05, 3.63) is 46.5 Å². The molecule has 3 rings (SSSR count). The van der Waals surface area contributed by atoms with Crippen molar-refractivity contribution in [2.45, 2.75) is 97.2 Å². The first-order chi connectivity index (χ1) is 22.1. The third kappa shape index (κ3) is 10.5. The van der Waals surface area contributed by atoms with Gasteiger partial charge in [0.2, 0.25) is 0 Å². The van der Waals surface area contributed by atoms with Gasteiger partial charge in [-0.1, -0.05) is 0 Å². The highest BCUT2D eigenvalue weighted by Gasteiger charge is 2.28. The Balaban J connectivity index is 1.92. The van der Waals surface area contributed by atoms with E-state index in [0.29, 0.717) is 0 Å². The number of cyclic esters (lactones) is 5. The lowest BCUT2D eigenvalue weighted by molar-refractivity contribution is -0.157. The minimum absolute atomic E-state index is 0.0535. The average molecular weight is 661 g/mol. The molecule has 1 aliphatic rings. The molecule has 14 nitrogen and oxygen atoms in total. The van der Waals surface area contributed by atoms with E-state index in [-0.39, 0.29) is 65.9 Å². The maximum Gasteiger partial charge on any atom is 0.342 e. The van der Waals surface area contributed by atoms with Crippen LogP contribution in [0.1, 0.15) is 85.7 Å². The molecule has 5 atom stereocenters. The van der Waals surface area contributed by atoms with Crippen LogP contribution in [0.2, 0.25) is 0 Å². The van der Waals surface area contributed by atoms with Crippen LogP contribution >= 0.6 is 0 Å². The highest BCUT2D eigenvalue weighted by molar-refractivity contribution is 5.95. The minimum Gasteiger partial charge on any atom is -0.508 e. The van der Waals surface area contributed by atoms with Crippen LogP contribution in [0.4, 0.5) is 0 Å². The van der Waals surface area contributed by atoms with Gasteiger partial charge in [-0.25, -0.2) is 9.59 Å². The molecule has 0 bridgehead atoms. The van der Waals surface area contributed by atoms with Gasteiger partial charge in [-0.05, 0) is 57.9 Å². The number of carbonyl (C=O) groups excluding carboxylic acids is 5. The van der Waals surface area contributed by atoms with E-state index in [4.69, 9.17) is 28.4 Å². The molecule has 256 valence electrons. The Morgan fingerprint density at radius 1 is 0.532 bits per heavy atom. The average Bonchev–Trinajstić information content (AvgIpc) is 2.90. The molecule has 14 heteroatoms. The molecule has 0 radical (unpaired) electrons. The number of hydrogen-bond donors (Lipinski definition) is 3. The van der Waals surface area contributed by atoms with Crippen LogP contribution < -0.4 is 4.74 Å². The van der Waals surface area contributed by atoms with Crippen molar-refractivity contribution in [2.75, 3.05) is 7.11 Å². The van der Waals surface area contributed by atoms with Crippen molar-refractivity contribution in [3.63, 3.8) is 0 Å². The van der Waals surface area contributed by atoms with Gasteiger partial charge in [-0.15, -0.1) is 0 Å². The summed E-state index contributed by atoms with van der Waals surface area (Å²) in [5.74, 6) is -5.36. The first kappa shape index (κ1) is 36.5. The van der Waals surface area contributed by atoms with Gasteiger partial charge < -0.3 is 43.7 Å². The molecule has 5 unspecified atom stereocenters. The Morgan fingerprint density at radius 2 is 0.894 bits per heavy atom. The topological polar surface area (TPSA) is 201 Å². The van der Waals surface area contributed by atoms with Crippen LogP contribution in [-0.4, -0.2) is 82.8 Å². The molecule has 0 spiro atoms. The van der Waals surface area contributed by atoms with Crippen molar-refractivity contribution in [1.82, 2.24) is 0 Å². The molecular weight excluding hydrogens is 620 g/mol. The summed E-state index contributed by atoms with van der Waals surface area (Å²) in [6.45, 7) is 7.45. The number of benzene rings is 2. The number of fused-ring (bicyclic) bond motifs is 2. The maximum atomic E-state index is 13.1. The second kappa shape index (κ2) is 16.0. The normalized spacial score (nSPS) is 24.2. The van der Waals surface area contributed by atoms with Crippen molar-refractivity contribution >= 4 is 29.8 Å². The number of carbonyl (C=O) groups is 5. The van der Waals surface area contributed by atoms with E-state index < -0.39 is 71.9 Å². The van der Waals surface area contributed by atoms with Gasteiger partial charge in [-0.2, -0.15) is 0 Å². The monoisotopic (exact) mass is 660 g/mol. The van der Waals surface area contributed by atoms with E-state index >= 15 is 0 Å². The predicted octanol–water partition coefficient (Wildman–Crippen LogP) is 3.67. The number of methoxy groups -OCH3 is 1. The van der Waals surface area contributed by atoms with Gasteiger partial charge in [0.1, 0.15) is 64.6 Å². The van der Waals surface area contributed by atoms with Crippen LogP contribution in [0.5, 0.6) is 23.0 Å². The van der Waals surface area contributed by atoms with Gasteiger partial charge in [-0.3, -0.25) is 14.4 Å². The second-order valence-corrected chi connectivity index (χ2v) is 11.5. The van der Waals surface area contributed by atoms with E-state index in [1.807, 2.05) is 0 Å². The first-order valence-corrected chi connectivity index (χ1v) is 15.0. The zero-order chi connectivity index (χ0) is 35.0.